The molecule has 58 heavy (non-hydrogen) atoms. The van der Waals surface area contributed by atoms with Gasteiger partial charge in [0.15, 0.2) is 0 Å². The van der Waals surface area contributed by atoms with Crippen LogP contribution in [0.4, 0.5) is 11.4 Å². The van der Waals surface area contributed by atoms with Crippen molar-refractivity contribution in [2.75, 3.05) is 0 Å². The summed E-state index contributed by atoms with van der Waals surface area (Å²) in [6.45, 7) is 18.6. The van der Waals surface area contributed by atoms with E-state index in [1.807, 2.05) is 38.1 Å². The number of nitro benzene ring substituents is 2. The minimum absolute atomic E-state index is 0.0305. The number of rotatable bonds is 15. The van der Waals surface area contributed by atoms with Gasteiger partial charge in [0.2, 0.25) is 0 Å². The molecule has 0 saturated heterocycles. The van der Waals surface area contributed by atoms with Gasteiger partial charge in [0.1, 0.15) is 11.4 Å². The molecule has 0 aliphatic heterocycles. The number of nitrogens with zero attached hydrogens (tertiary/aromatic N) is 8. The van der Waals surface area contributed by atoms with Crippen LogP contribution in [0.3, 0.4) is 0 Å². The molecule has 306 valence electrons. The largest absolute Gasteiger partial charge is 0.285 e. The zero-order chi connectivity index (χ0) is 42.6. The van der Waals surface area contributed by atoms with Crippen molar-refractivity contribution in [3.63, 3.8) is 0 Å². The summed E-state index contributed by atoms with van der Waals surface area (Å²) >= 11 is 1.41. The third-order valence-electron chi connectivity index (χ3n) is 10.4. The number of halogens is 1. The first-order valence-electron chi connectivity index (χ1n) is 19.8. The second-order valence-corrected chi connectivity index (χ2v) is 28.7. The van der Waals surface area contributed by atoms with Crippen LogP contribution in [-0.2, 0) is 14.1 Å². The minimum Gasteiger partial charge on any atom is -0.267 e. The Morgan fingerprint density at radius 3 is 1.52 bits per heavy atom. The molecule has 0 amide bonds. The molecule has 4 aromatic heterocycles. The molecule has 0 spiro atoms. The molecular formula is C44H55BrN8O4Sn. The molecule has 0 N–H and O–H groups in total. The summed E-state index contributed by atoms with van der Waals surface area (Å²) in [5.74, 6) is 0. The van der Waals surface area contributed by atoms with Crippen LogP contribution in [0.1, 0.15) is 76.2 Å². The van der Waals surface area contributed by atoms with Crippen molar-refractivity contribution in [2.24, 2.45) is 14.1 Å². The van der Waals surface area contributed by atoms with E-state index in [4.69, 9.17) is 0 Å². The Morgan fingerprint density at radius 1 is 0.707 bits per heavy atom. The topological polar surface area (TPSA) is 148 Å². The fraction of sp³-hybridized carbons (Fsp3) is 0.364. The monoisotopic (exact) mass is 958 g/mol. The third-order valence-corrected chi connectivity index (χ3v) is 25.0. The molecule has 0 aliphatic carbocycles. The van der Waals surface area contributed by atoms with Crippen molar-refractivity contribution in [3.8, 4) is 22.5 Å². The molecule has 0 fully saturated rings. The Balaban J connectivity index is 0.000000197. The summed E-state index contributed by atoms with van der Waals surface area (Å²) in [5.41, 5.74) is 7.19. The van der Waals surface area contributed by atoms with Crippen LogP contribution >= 0.6 is 15.9 Å². The van der Waals surface area contributed by atoms with Gasteiger partial charge in [-0.3, -0.25) is 39.6 Å². The molecule has 0 unspecified atom stereocenters. The molecule has 14 heteroatoms. The number of unbranched alkanes of at least 4 members (excludes halogenated alkanes) is 3. The van der Waals surface area contributed by atoms with Crippen LogP contribution in [0.25, 0.3) is 50.4 Å². The van der Waals surface area contributed by atoms with E-state index < -0.39 is 28.2 Å². The molecule has 0 atom stereocenters. The average Bonchev–Trinajstić information content (AvgIpc) is 3.71. The van der Waals surface area contributed by atoms with Crippen molar-refractivity contribution < 1.29 is 9.85 Å². The Bertz CT molecular complexity index is 2380. The second kappa shape index (κ2) is 21.3. The summed E-state index contributed by atoms with van der Waals surface area (Å²) in [5, 5.41) is 32.9. The van der Waals surface area contributed by atoms with E-state index >= 15 is 0 Å². The standard InChI is InChI=1S/C16H14N4O2.C14H11BrN4O2.3C4H9.C2H3.Sn/c1-4-11-8-13-15(9-14(11)20(21)22)19(3)18-16(13)12-5-6-17-10(2)7-12;1-8-5-9(3-4-16-8)14-10-6-11(15)13(19(20)21)7-12(10)18(2)17-14;3*1-3-4-2;1-2;/h4-9H,1H2,2-3H3;3-7H,1-2H3;3*1,3-4H2,2H3;1H,2H2;. The number of hydrogen-bond acceptors (Lipinski definition) is 8. The van der Waals surface area contributed by atoms with Crippen molar-refractivity contribution in [3.05, 3.63) is 120 Å². The normalized spacial score (nSPS) is 11.1. The van der Waals surface area contributed by atoms with E-state index in [1.165, 1.54) is 56.7 Å². The maximum Gasteiger partial charge on any atom is 0.285 e. The van der Waals surface area contributed by atoms with E-state index in [0.29, 0.717) is 15.6 Å². The summed E-state index contributed by atoms with van der Waals surface area (Å²) in [4.78, 5) is 29.8. The average molecular weight is 959 g/mol. The molecule has 6 rings (SSSR count). The van der Waals surface area contributed by atoms with Crippen molar-refractivity contribution >= 4 is 73.6 Å². The van der Waals surface area contributed by atoms with E-state index in [1.54, 1.807) is 61.3 Å². The number of aryl methyl sites for hydroxylation is 4. The van der Waals surface area contributed by atoms with Gasteiger partial charge in [0.25, 0.3) is 11.4 Å². The number of aromatic nitrogens is 6. The molecule has 0 aliphatic rings. The predicted molar refractivity (Wildman–Crippen MR) is 244 cm³/mol. The molecule has 4 heterocycles. The van der Waals surface area contributed by atoms with Gasteiger partial charge in [-0.2, -0.15) is 10.2 Å². The van der Waals surface area contributed by atoms with Gasteiger partial charge in [0.05, 0.1) is 30.9 Å². The maximum absolute atomic E-state index is 11.2. The molecule has 0 radical (unpaired) electrons. The smallest absolute Gasteiger partial charge is 0.267 e. The summed E-state index contributed by atoms with van der Waals surface area (Å²) in [7, 11) is 3.55. The number of nitro groups is 2. The zero-order valence-electron chi connectivity index (χ0n) is 34.8. The third kappa shape index (κ3) is 11.2. The first kappa shape index (κ1) is 45.9. The summed E-state index contributed by atoms with van der Waals surface area (Å²) in [6.07, 6.45) is 13.4. The predicted octanol–water partition coefficient (Wildman–Crippen LogP) is 12.7. The molecule has 2 aromatic carbocycles. The Kier molecular flexibility index (Phi) is 16.9. The van der Waals surface area contributed by atoms with Crippen molar-refractivity contribution in [1.29, 1.82) is 0 Å². The Labute approximate surface area is 353 Å². The van der Waals surface area contributed by atoms with Crippen LogP contribution in [0.15, 0.2) is 82.6 Å². The zero-order valence-corrected chi connectivity index (χ0v) is 39.2. The molecule has 6 aromatic rings. The first-order chi connectivity index (χ1) is 27.7. The van der Waals surface area contributed by atoms with E-state index in [2.05, 4.69) is 74.1 Å². The quantitative estimate of drug-likeness (QED) is 0.0561. The van der Waals surface area contributed by atoms with Crippen LogP contribution in [0.2, 0.25) is 13.3 Å². The first-order valence-corrected chi connectivity index (χ1v) is 28.3. The van der Waals surface area contributed by atoms with Gasteiger partial charge < -0.3 is 0 Å². The fourth-order valence-corrected chi connectivity index (χ4v) is 20.5. The van der Waals surface area contributed by atoms with Crippen molar-refractivity contribution in [2.45, 2.75) is 86.5 Å². The fourth-order valence-electron chi connectivity index (χ4n) is 7.12. The number of pyridine rings is 2. The van der Waals surface area contributed by atoms with E-state index in [-0.39, 0.29) is 11.4 Å². The van der Waals surface area contributed by atoms with E-state index in [9.17, 15) is 20.2 Å². The van der Waals surface area contributed by atoms with Gasteiger partial charge in [-0.15, -0.1) is 0 Å². The molecule has 0 bridgehead atoms. The minimum atomic E-state index is -1.85. The van der Waals surface area contributed by atoms with Gasteiger partial charge >= 0.3 is 102 Å². The van der Waals surface area contributed by atoms with Crippen molar-refractivity contribution in [1.82, 2.24) is 29.5 Å². The van der Waals surface area contributed by atoms with Gasteiger partial charge in [-0.1, -0.05) is 12.7 Å². The van der Waals surface area contributed by atoms with E-state index in [0.717, 1.165) is 50.2 Å². The van der Waals surface area contributed by atoms with Crippen LogP contribution in [0.5, 0.6) is 0 Å². The summed E-state index contributed by atoms with van der Waals surface area (Å²) < 4.78 is 10.9. The van der Waals surface area contributed by atoms with Crippen LogP contribution < -0.4 is 0 Å². The van der Waals surface area contributed by atoms with Gasteiger partial charge in [0, 0.05) is 71.9 Å². The molecular weight excluding hydrogens is 903 g/mol. The van der Waals surface area contributed by atoms with Gasteiger partial charge in [-0.05, 0) is 66.2 Å². The molecule has 0 saturated carbocycles. The number of hydrogen-bond donors (Lipinski definition) is 0. The maximum atomic E-state index is 11.2. The van der Waals surface area contributed by atoms with Gasteiger partial charge in [-0.25, -0.2) is 0 Å². The van der Waals surface area contributed by atoms with Crippen LogP contribution in [0, 0.1) is 34.1 Å². The number of fused-ring (bicyclic) bond motifs is 2. The molecule has 12 nitrogen and oxygen atoms in total. The number of benzene rings is 2. The summed E-state index contributed by atoms with van der Waals surface area (Å²) in [6, 6.07) is 14.2. The Morgan fingerprint density at radius 2 is 1.14 bits per heavy atom. The van der Waals surface area contributed by atoms with Crippen LogP contribution in [-0.4, -0.2) is 57.8 Å². The second-order valence-electron chi connectivity index (χ2n) is 14.7. The Hall–Kier alpha value is -4.76. The SMILES string of the molecule is C=Cc1cc2c(-c3ccnc(C)c3)nn(C)c2cc1[N+](=O)[O-].C=[CH][Sn]([CH2]CCC)([CH2]CCC)[CH2]CCC.Cc1cc(-c2nn(C)c3cc([N+](=O)[O-])c(Br)cc23)ccn1.